The number of hydrogen-bond acceptors (Lipinski definition) is 2. The summed E-state index contributed by atoms with van der Waals surface area (Å²) >= 11 is 0. The number of benzene rings is 2. The Hall–Kier alpha value is -2.29. The first-order chi connectivity index (χ1) is 10.4. The van der Waals surface area contributed by atoms with Gasteiger partial charge in [-0.05, 0) is 57.5 Å². The number of hydrogen-bond donors (Lipinski definition) is 1. The Bertz CT molecular complexity index is 625. The summed E-state index contributed by atoms with van der Waals surface area (Å²) in [6.07, 6.45) is 0.162. The molecule has 0 aliphatic rings. The molecule has 1 N–H and O–H groups in total. The first-order valence-corrected chi connectivity index (χ1v) is 7.56. The zero-order valence-corrected chi connectivity index (χ0v) is 13.6. The lowest BCUT2D eigenvalue weighted by Gasteiger charge is -2.11. The van der Waals surface area contributed by atoms with Crippen LogP contribution in [0.15, 0.2) is 42.5 Å². The summed E-state index contributed by atoms with van der Waals surface area (Å²) in [6, 6.07) is 13.7. The van der Waals surface area contributed by atoms with E-state index in [-0.39, 0.29) is 12.0 Å². The number of ether oxygens (including phenoxy) is 1. The molecule has 2 rings (SSSR count). The minimum Gasteiger partial charge on any atom is -0.491 e. The van der Waals surface area contributed by atoms with Gasteiger partial charge in [0.15, 0.2) is 0 Å². The SMILES string of the molecule is Cc1cc(C)cc(C(=O)NCc2ccc(OC(C)C)cc2)c1. The van der Waals surface area contributed by atoms with Crippen molar-refractivity contribution >= 4 is 5.91 Å². The van der Waals surface area contributed by atoms with Gasteiger partial charge in [0, 0.05) is 12.1 Å². The summed E-state index contributed by atoms with van der Waals surface area (Å²) in [6.45, 7) is 8.50. The molecule has 1 amide bonds. The Morgan fingerprint density at radius 2 is 1.64 bits per heavy atom. The molecule has 3 heteroatoms. The van der Waals surface area contributed by atoms with Gasteiger partial charge in [0.1, 0.15) is 5.75 Å². The highest BCUT2D eigenvalue weighted by molar-refractivity contribution is 5.94. The van der Waals surface area contributed by atoms with Crippen LogP contribution < -0.4 is 10.1 Å². The molecular weight excluding hydrogens is 274 g/mol. The fourth-order valence-corrected chi connectivity index (χ4v) is 2.35. The van der Waals surface area contributed by atoms with Crippen LogP contribution >= 0.6 is 0 Å². The van der Waals surface area contributed by atoms with E-state index in [4.69, 9.17) is 4.74 Å². The maximum atomic E-state index is 12.2. The van der Waals surface area contributed by atoms with Crippen LogP contribution in [0, 0.1) is 13.8 Å². The maximum absolute atomic E-state index is 12.2. The third-order valence-corrected chi connectivity index (χ3v) is 3.23. The second-order valence-electron chi connectivity index (χ2n) is 5.87. The molecule has 22 heavy (non-hydrogen) atoms. The number of rotatable bonds is 5. The van der Waals surface area contributed by atoms with E-state index in [1.54, 1.807) is 0 Å². The molecule has 2 aromatic carbocycles. The van der Waals surface area contributed by atoms with Gasteiger partial charge in [0.25, 0.3) is 5.91 Å². The van der Waals surface area contributed by atoms with Gasteiger partial charge in [-0.3, -0.25) is 4.79 Å². The van der Waals surface area contributed by atoms with Crippen LogP contribution in [-0.4, -0.2) is 12.0 Å². The predicted molar refractivity (Wildman–Crippen MR) is 89.3 cm³/mol. The van der Waals surface area contributed by atoms with Gasteiger partial charge in [-0.1, -0.05) is 29.3 Å². The molecule has 0 aromatic heterocycles. The molecule has 0 spiro atoms. The van der Waals surface area contributed by atoms with Crippen LogP contribution in [0.1, 0.15) is 40.9 Å². The topological polar surface area (TPSA) is 38.3 Å². The summed E-state index contributed by atoms with van der Waals surface area (Å²) < 4.78 is 5.60. The minimum atomic E-state index is -0.0469. The second-order valence-corrected chi connectivity index (χ2v) is 5.87. The van der Waals surface area contributed by atoms with Gasteiger partial charge in [-0.15, -0.1) is 0 Å². The lowest BCUT2D eigenvalue weighted by molar-refractivity contribution is 0.0950. The Balaban J connectivity index is 1.96. The van der Waals surface area contributed by atoms with Crippen LogP contribution in [0.3, 0.4) is 0 Å². The number of carbonyl (C=O) groups excluding carboxylic acids is 1. The summed E-state index contributed by atoms with van der Waals surface area (Å²) in [4.78, 5) is 12.2. The molecule has 0 saturated heterocycles. The van der Waals surface area contributed by atoms with Gasteiger partial charge in [-0.25, -0.2) is 0 Å². The van der Waals surface area contributed by atoms with Gasteiger partial charge in [0.05, 0.1) is 6.10 Å². The van der Waals surface area contributed by atoms with Gasteiger partial charge in [0.2, 0.25) is 0 Å². The molecule has 0 unspecified atom stereocenters. The van der Waals surface area contributed by atoms with Crippen molar-refractivity contribution in [3.05, 3.63) is 64.7 Å². The van der Waals surface area contributed by atoms with E-state index in [9.17, 15) is 4.79 Å². The lowest BCUT2D eigenvalue weighted by Crippen LogP contribution is -2.22. The van der Waals surface area contributed by atoms with E-state index in [0.717, 1.165) is 22.4 Å². The normalized spacial score (nSPS) is 10.6. The fraction of sp³-hybridized carbons (Fsp3) is 0.316. The monoisotopic (exact) mass is 297 g/mol. The highest BCUT2D eigenvalue weighted by Gasteiger charge is 2.06. The standard InChI is InChI=1S/C19H23NO2/c1-13(2)22-18-7-5-16(6-8-18)12-20-19(21)17-10-14(3)9-15(4)11-17/h5-11,13H,12H2,1-4H3,(H,20,21). The molecule has 0 radical (unpaired) electrons. The summed E-state index contributed by atoms with van der Waals surface area (Å²) in [7, 11) is 0. The average Bonchev–Trinajstić information content (AvgIpc) is 2.44. The van der Waals surface area contributed by atoms with Crippen molar-refractivity contribution in [3.8, 4) is 5.75 Å². The Morgan fingerprint density at radius 3 is 2.18 bits per heavy atom. The molecule has 116 valence electrons. The Labute approximate surface area is 132 Å². The molecule has 3 nitrogen and oxygen atoms in total. The second kappa shape index (κ2) is 7.12. The van der Waals surface area contributed by atoms with E-state index in [2.05, 4.69) is 11.4 Å². The summed E-state index contributed by atoms with van der Waals surface area (Å²) in [5, 5.41) is 2.95. The molecule has 0 atom stereocenters. The third-order valence-electron chi connectivity index (χ3n) is 3.23. The quantitative estimate of drug-likeness (QED) is 0.905. The van der Waals surface area contributed by atoms with Crippen molar-refractivity contribution in [1.82, 2.24) is 5.32 Å². The van der Waals surface area contributed by atoms with Crippen LogP contribution in [0.4, 0.5) is 0 Å². The zero-order chi connectivity index (χ0) is 16.1. The predicted octanol–water partition coefficient (Wildman–Crippen LogP) is 4.02. The van der Waals surface area contributed by atoms with E-state index in [1.807, 2.05) is 64.1 Å². The fourth-order valence-electron chi connectivity index (χ4n) is 2.35. The molecule has 0 bridgehead atoms. The molecule has 0 heterocycles. The molecular formula is C19H23NO2. The van der Waals surface area contributed by atoms with Crippen LogP contribution in [0.5, 0.6) is 5.75 Å². The molecule has 0 aliphatic carbocycles. The van der Waals surface area contributed by atoms with Crippen molar-refractivity contribution in [1.29, 1.82) is 0 Å². The Kier molecular flexibility index (Phi) is 5.21. The lowest BCUT2D eigenvalue weighted by atomic mass is 10.1. The van der Waals surface area contributed by atoms with Crippen LogP contribution in [0.2, 0.25) is 0 Å². The molecule has 2 aromatic rings. The largest absolute Gasteiger partial charge is 0.491 e. The smallest absolute Gasteiger partial charge is 0.251 e. The maximum Gasteiger partial charge on any atom is 0.251 e. The third kappa shape index (κ3) is 4.62. The van der Waals surface area contributed by atoms with Gasteiger partial charge >= 0.3 is 0 Å². The minimum absolute atomic E-state index is 0.0469. The highest BCUT2D eigenvalue weighted by atomic mass is 16.5. The van der Waals surface area contributed by atoms with E-state index in [1.165, 1.54) is 0 Å². The number of aryl methyl sites for hydroxylation is 2. The van der Waals surface area contributed by atoms with Crippen molar-refractivity contribution in [2.24, 2.45) is 0 Å². The first-order valence-electron chi connectivity index (χ1n) is 7.56. The number of amides is 1. The summed E-state index contributed by atoms with van der Waals surface area (Å²) in [5.74, 6) is 0.800. The zero-order valence-electron chi connectivity index (χ0n) is 13.6. The average molecular weight is 297 g/mol. The molecule has 0 fully saturated rings. The van der Waals surface area contributed by atoms with Crippen molar-refractivity contribution in [2.45, 2.75) is 40.3 Å². The highest BCUT2D eigenvalue weighted by Crippen LogP contribution is 2.14. The van der Waals surface area contributed by atoms with E-state index in [0.29, 0.717) is 12.1 Å². The molecule has 0 aliphatic heterocycles. The van der Waals surface area contributed by atoms with Crippen molar-refractivity contribution in [3.63, 3.8) is 0 Å². The van der Waals surface area contributed by atoms with E-state index < -0.39 is 0 Å². The van der Waals surface area contributed by atoms with Crippen LogP contribution in [-0.2, 0) is 6.54 Å². The number of carbonyl (C=O) groups is 1. The van der Waals surface area contributed by atoms with Crippen LogP contribution in [0.25, 0.3) is 0 Å². The number of nitrogens with one attached hydrogen (secondary N) is 1. The first kappa shape index (κ1) is 16.1. The Morgan fingerprint density at radius 1 is 1.05 bits per heavy atom. The van der Waals surface area contributed by atoms with Gasteiger partial charge in [-0.2, -0.15) is 0 Å². The van der Waals surface area contributed by atoms with Crippen molar-refractivity contribution in [2.75, 3.05) is 0 Å². The molecule has 0 saturated carbocycles. The van der Waals surface area contributed by atoms with Gasteiger partial charge < -0.3 is 10.1 Å². The summed E-state index contributed by atoms with van der Waals surface area (Å²) in [5.41, 5.74) is 3.95. The van der Waals surface area contributed by atoms with Crippen molar-refractivity contribution < 1.29 is 9.53 Å². The van der Waals surface area contributed by atoms with E-state index >= 15 is 0 Å².